The minimum absolute atomic E-state index is 0.126. The SMILES string of the molecule is CC(COC(OCC(C)Cc1ccc(C(C)(C)C)cc1)C(=O)c1ccccc1)Cc1ccc(C(C)(C)C)cc1. The monoisotopic (exact) mass is 528 g/mol. The molecule has 0 bridgehead atoms. The molecule has 3 aromatic rings. The van der Waals surface area contributed by atoms with E-state index in [0.717, 1.165) is 12.8 Å². The van der Waals surface area contributed by atoms with E-state index < -0.39 is 6.29 Å². The molecule has 210 valence electrons. The molecular weight excluding hydrogens is 480 g/mol. The number of ether oxygens (including phenoxy) is 2. The fourth-order valence-electron chi connectivity index (χ4n) is 4.65. The van der Waals surface area contributed by atoms with Gasteiger partial charge in [0, 0.05) is 5.56 Å². The van der Waals surface area contributed by atoms with Gasteiger partial charge in [-0.1, -0.05) is 134 Å². The summed E-state index contributed by atoms with van der Waals surface area (Å²) in [6, 6.07) is 27.0. The highest BCUT2D eigenvalue weighted by Crippen LogP contribution is 2.24. The Kier molecular flexibility index (Phi) is 10.7. The van der Waals surface area contributed by atoms with Crippen LogP contribution in [0.1, 0.15) is 88.0 Å². The molecule has 3 rings (SSSR count). The zero-order chi connectivity index (χ0) is 28.6. The lowest BCUT2D eigenvalue weighted by Crippen LogP contribution is -2.31. The average molecular weight is 529 g/mol. The number of hydrogen-bond donors (Lipinski definition) is 0. The van der Waals surface area contributed by atoms with Gasteiger partial charge in [0.05, 0.1) is 13.2 Å². The van der Waals surface area contributed by atoms with Crippen molar-refractivity contribution in [3.05, 3.63) is 107 Å². The van der Waals surface area contributed by atoms with Gasteiger partial charge in [-0.25, -0.2) is 0 Å². The average Bonchev–Trinajstić information content (AvgIpc) is 2.88. The third-order valence-corrected chi connectivity index (χ3v) is 7.14. The van der Waals surface area contributed by atoms with Gasteiger partial charge in [-0.2, -0.15) is 0 Å². The molecule has 3 aromatic carbocycles. The van der Waals surface area contributed by atoms with Crippen LogP contribution in [0.15, 0.2) is 78.9 Å². The van der Waals surface area contributed by atoms with Gasteiger partial charge in [0.2, 0.25) is 12.1 Å². The summed E-state index contributed by atoms with van der Waals surface area (Å²) >= 11 is 0. The molecule has 2 unspecified atom stereocenters. The van der Waals surface area contributed by atoms with E-state index >= 15 is 0 Å². The van der Waals surface area contributed by atoms with Crippen LogP contribution in [0.5, 0.6) is 0 Å². The van der Waals surface area contributed by atoms with Crippen LogP contribution in [0.2, 0.25) is 0 Å². The maximum atomic E-state index is 13.3. The lowest BCUT2D eigenvalue weighted by atomic mass is 9.86. The summed E-state index contributed by atoms with van der Waals surface area (Å²) in [5.74, 6) is 0.372. The summed E-state index contributed by atoms with van der Waals surface area (Å²) in [5.41, 5.74) is 6.10. The zero-order valence-corrected chi connectivity index (χ0v) is 25.3. The number of hydrogen-bond acceptors (Lipinski definition) is 3. The highest BCUT2D eigenvalue weighted by molar-refractivity contribution is 5.98. The second-order valence-corrected chi connectivity index (χ2v) is 13.2. The van der Waals surface area contributed by atoms with Crippen molar-refractivity contribution in [2.75, 3.05) is 13.2 Å². The molecule has 0 amide bonds. The molecule has 0 spiro atoms. The Balaban J connectivity index is 1.59. The third-order valence-electron chi connectivity index (χ3n) is 7.14. The van der Waals surface area contributed by atoms with Crippen molar-refractivity contribution in [2.24, 2.45) is 11.8 Å². The van der Waals surface area contributed by atoms with E-state index in [1.807, 2.05) is 30.3 Å². The van der Waals surface area contributed by atoms with E-state index in [0.29, 0.717) is 18.8 Å². The second kappa shape index (κ2) is 13.5. The first kappa shape index (κ1) is 30.8. The summed E-state index contributed by atoms with van der Waals surface area (Å²) in [7, 11) is 0. The Hall–Kier alpha value is -2.75. The van der Waals surface area contributed by atoms with Crippen LogP contribution in [0.3, 0.4) is 0 Å². The first-order valence-corrected chi connectivity index (χ1v) is 14.3. The molecule has 0 aliphatic heterocycles. The van der Waals surface area contributed by atoms with Gasteiger partial charge in [-0.3, -0.25) is 4.79 Å². The number of Topliss-reactive ketones (excluding diaryl/α,β-unsaturated/α-hetero) is 1. The maximum Gasteiger partial charge on any atom is 0.222 e. The van der Waals surface area contributed by atoms with Crippen molar-refractivity contribution in [1.29, 1.82) is 0 Å². The van der Waals surface area contributed by atoms with Gasteiger partial charge in [0.1, 0.15) is 0 Å². The quantitative estimate of drug-likeness (QED) is 0.174. The Morgan fingerprint density at radius 3 is 1.36 bits per heavy atom. The third kappa shape index (κ3) is 9.74. The van der Waals surface area contributed by atoms with Crippen LogP contribution in [0.25, 0.3) is 0 Å². The molecule has 39 heavy (non-hydrogen) atoms. The Morgan fingerprint density at radius 2 is 1.00 bits per heavy atom. The molecule has 0 saturated heterocycles. The number of carbonyl (C=O) groups is 1. The topological polar surface area (TPSA) is 35.5 Å². The van der Waals surface area contributed by atoms with Crippen LogP contribution in [0, 0.1) is 11.8 Å². The summed E-state index contributed by atoms with van der Waals surface area (Å²) < 4.78 is 12.3. The first-order valence-electron chi connectivity index (χ1n) is 14.3. The predicted molar refractivity (Wildman–Crippen MR) is 162 cm³/mol. The van der Waals surface area contributed by atoms with Crippen LogP contribution in [-0.4, -0.2) is 25.3 Å². The summed E-state index contributed by atoms with van der Waals surface area (Å²) in [6.07, 6.45) is 0.860. The molecule has 3 heteroatoms. The van der Waals surface area contributed by atoms with Crippen LogP contribution >= 0.6 is 0 Å². The second-order valence-electron chi connectivity index (χ2n) is 13.2. The number of benzene rings is 3. The summed E-state index contributed by atoms with van der Waals surface area (Å²) in [5, 5.41) is 0. The molecule has 0 fully saturated rings. The van der Waals surface area contributed by atoms with Gasteiger partial charge in [0.25, 0.3) is 0 Å². The molecule has 3 nitrogen and oxygen atoms in total. The van der Waals surface area contributed by atoms with Crippen molar-refractivity contribution in [1.82, 2.24) is 0 Å². The van der Waals surface area contributed by atoms with Crippen molar-refractivity contribution in [3.8, 4) is 0 Å². The number of rotatable bonds is 12. The van der Waals surface area contributed by atoms with Crippen LogP contribution in [0.4, 0.5) is 0 Å². The van der Waals surface area contributed by atoms with E-state index in [-0.39, 0.29) is 28.4 Å². The summed E-state index contributed by atoms with van der Waals surface area (Å²) in [6.45, 7) is 18.6. The summed E-state index contributed by atoms with van der Waals surface area (Å²) in [4.78, 5) is 13.3. The fraction of sp³-hybridized carbons (Fsp3) is 0.472. The van der Waals surface area contributed by atoms with Crippen LogP contribution < -0.4 is 0 Å². The standard InChI is InChI=1S/C36H48O3/c1-26(22-28-14-18-31(19-15-28)35(3,4)5)24-38-34(33(37)30-12-10-9-11-13-30)39-25-27(2)23-29-16-20-32(21-17-29)36(6,7)8/h9-21,26-27,34H,22-25H2,1-8H3. The molecule has 0 aliphatic carbocycles. The zero-order valence-electron chi connectivity index (χ0n) is 25.3. The maximum absolute atomic E-state index is 13.3. The Morgan fingerprint density at radius 1 is 0.615 bits per heavy atom. The smallest absolute Gasteiger partial charge is 0.222 e. The van der Waals surface area contributed by atoms with Gasteiger partial charge in [-0.05, 0) is 57.8 Å². The van der Waals surface area contributed by atoms with E-state index in [1.165, 1.54) is 22.3 Å². The van der Waals surface area contributed by atoms with Crippen molar-refractivity contribution in [3.63, 3.8) is 0 Å². The van der Waals surface area contributed by atoms with E-state index in [9.17, 15) is 4.79 Å². The first-order chi connectivity index (χ1) is 18.3. The number of ketones is 1. The molecular formula is C36H48O3. The minimum atomic E-state index is -0.913. The largest absolute Gasteiger partial charge is 0.345 e. The van der Waals surface area contributed by atoms with E-state index in [4.69, 9.17) is 9.47 Å². The van der Waals surface area contributed by atoms with Crippen molar-refractivity contribution < 1.29 is 14.3 Å². The molecule has 0 heterocycles. The minimum Gasteiger partial charge on any atom is -0.345 e. The Labute approximate surface area is 237 Å². The van der Waals surface area contributed by atoms with Gasteiger partial charge in [0.15, 0.2) is 0 Å². The molecule has 0 aliphatic rings. The highest BCUT2D eigenvalue weighted by Gasteiger charge is 2.24. The predicted octanol–water partition coefficient (Wildman–Crippen LogP) is 8.58. The van der Waals surface area contributed by atoms with Crippen LogP contribution in [-0.2, 0) is 33.1 Å². The van der Waals surface area contributed by atoms with Crippen molar-refractivity contribution in [2.45, 2.75) is 85.4 Å². The Bertz CT molecular complexity index is 1080. The van der Waals surface area contributed by atoms with Gasteiger partial charge in [-0.15, -0.1) is 0 Å². The van der Waals surface area contributed by atoms with Gasteiger partial charge >= 0.3 is 0 Å². The molecule has 0 N–H and O–H groups in total. The fourth-order valence-corrected chi connectivity index (χ4v) is 4.65. The van der Waals surface area contributed by atoms with Crippen molar-refractivity contribution >= 4 is 5.78 Å². The molecule has 0 saturated carbocycles. The normalized spacial score (nSPS) is 14.6. The lowest BCUT2D eigenvalue weighted by Gasteiger charge is -2.23. The number of carbonyl (C=O) groups excluding carboxylic acids is 1. The van der Waals surface area contributed by atoms with Gasteiger partial charge < -0.3 is 9.47 Å². The highest BCUT2D eigenvalue weighted by atomic mass is 16.7. The molecule has 0 radical (unpaired) electrons. The van der Waals surface area contributed by atoms with E-state index in [1.54, 1.807) is 0 Å². The lowest BCUT2D eigenvalue weighted by molar-refractivity contribution is -0.127. The molecule has 0 aromatic heterocycles. The van der Waals surface area contributed by atoms with E-state index in [2.05, 4.69) is 104 Å². The molecule has 2 atom stereocenters.